The molecule has 2 aromatic carbocycles. The molecule has 0 saturated carbocycles. The molecule has 2 aromatic rings. The minimum atomic E-state index is -4.74. The molecule has 0 N–H and O–H groups in total. The first-order valence-corrected chi connectivity index (χ1v) is 7.11. The SMILES string of the molecule is Cc1cccc2c1N(C(=O)c1ccc(OC(F)(F)F)cc1)CC2. The van der Waals surface area contributed by atoms with E-state index in [1.165, 1.54) is 12.1 Å². The van der Waals surface area contributed by atoms with Crippen molar-refractivity contribution in [1.82, 2.24) is 0 Å². The Balaban J connectivity index is 1.83. The molecule has 1 aliphatic rings. The van der Waals surface area contributed by atoms with E-state index < -0.39 is 6.36 Å². The molecule has 0 unspecified atom stereocenters. The molecule has 23 heavy (non-hydrogen) atoms. The summed E-state index contributed by atoms with van der Waals surface area (Å²) < 4.78 is 40.3. The molecule has 1 aliphatic heterocycles. The summed E-state index contributed by atoms with van der Waals surface area (Å²) in [5, 5.41) is 0. The van der Waals surface area contributed by atoms with Crippen molar-refractivity contribution < 1.29 is 22.7 Å². The molecule has 6 heteroatoms. The zero-order valence-electron chi connectivity index (χ0n) is 12.4. The smallest absolute Gasteiger partial charge is 0.406 e. The van der Waals surface area contributed by atoms with Crippen LogP contribution in [0.5, 0.6) is 5.75 Å². The zero-order chi connectivity index (χ0) is 16.6. The number of carbonyl (C=O) groups excluding carboxylic acids is 1. The number of halogens is 3. The quantitative estimate of drug-likeness (QED) is 0.833. The van der Waals surface area contributed by atoms with Crippen LogP contribution in [-0.2, 0) is 6.42 Å². The molecule has 0 spiro atoms. The fourth-order valence-electron chi connectivity index (χ4n) is 2.81. The summed E-state index contributed by atoms with van der Waals surface area (Å²) in [6, 6.07) is 10.9. The van der Waals surface area contributed by atoms with Crippen LogP contribution < -0.4 is 9.64 Å². The standard InChI is InChI=1S/C17H14F3NO2/c1-11-3-2-4-12-9-10-21(15(11)12)16(22)13-5-7-14(8-6-13)23-17(18,19)20/h2-8H,9-10H2,1H3. The van der Waals surface area contributed by atoms with Crippen LogP contribution in [0.25, 0.3) is 0 Å². The van der Waals surface area contributed by atoms with Crippen LogP contribution in [0.2, 0.25) is 0 Å². The third-order valence-corrected chi connectivity index (χ3v) is 3.78. The summed E-state index contributed by atoms with van der Waals surface area (Å²) in [7, 11) is 0. The average Bonchev–Trinajstić information content (AvgIpc) is 2.91. The second-order valence-corrected chi connectivity index (χ2v) is 5.36. The van der Waals surface area contributed by atoms with Crippen LogP contribution in [0, 0.1) is 6.92 Å². The van der Waals surface area contributed by atoms with Crippen LogP contribution in [0.3, 0.4) is 0 Å². The number of amides is 1. The summed E-state index contributed by atoms with van der Waals surface area (Å²) >= 11 is 0. The summed E-state index contributed by atoms with van der Waals surface area (Å²) in [5.74, 6) is -0.566. The number of alkyl halides is 3. The first-order valence-electron chi connectivity index (χ1n) is 7.11. The number of anilines is 1. The van der Waals surface area contributed by atoms with Crippen molar-refractivity contribution in [1.29, 1.82) is 0 Å². The highest BCUT2D eigenvalue weighted by molar-refractivity contribution is 6.07. The third-order valence-electron chi connectivity index (χ3n) is 3.78. The van der Waals surface area contributed by atoms with Crippen LogP contribution in [-0.4, -0.2) is 18.8 Å². The van der Waals surface area contributed by atoms with Gasteiger partial charge in [0.05, 0.1) is 5.69 Å². The Morgan fingerprint density at radius 3 is 2.48 bits per heavy atom. The van der Waals surface area contributed by atoms with Crippen molar-refractivity contribution >= 4 is 11.6 Å². The van der Waals surface area contributed by atoms with E-state index in [2.05, 4.69) is 4.74 Å². The lowest BCUT2D eigenvalue weighted by Gasteiger charge is -2.19. The highest BCUT2D eigenvalue weighted by atomic mass is 19.4. The zero-order valence-corrected chi connectivity index (χ0v) is 12.4. The molecule has 0 atom stereocenters. The largest absolute Gasteiger partial charge is 0.573 e. The maximum atomic E-state index is 12.6. The van der Waals surface area contributed by atoms with Gasteiger partial charge in [-0.05, 0) is 48.7 Å². The number of aryl methyl sites for hydroxylation is 1. The number of rotatable bonds is 2. The van der Waals surface area contributed by atoms with E-state index in [-0.39, 0.29) is 11.7 Å². The van der Waals surface area contributed by atoms with Crippen molar-refractivity contribution in [3.8, 4) is 5.75 Å². The second-order valence-electron chi connectivity index (χ2n) is 5.36. The minimum Gasteiger partial charge on any atom is -0.406 e. The molecular weight excluding hydrogens is 307 g/mol. The van der Waals surface area contributed by atoms with Crippen LogP contribution in [0.15, 0.2) is 42.5 Å². The van der Waals surface area contributed by atoms with Crippen LogP contribution in [0.4, 0.5) is 18.9 Å². The normalized spacial score (nSPS) is 13.8. The number of para-hydroxylation sites is 1. The van der Waals surface area contributed by atoms with Gasteiger partial charge in [-0.2, -0.15) is 0 Å². The maximum absolute atomic E-state index is 12.6. The van der Waals surface area contributed by atoms with Gasteiger partial charge in [-0.3, -0.25) is 4.79 Å². The Morgan fingerprint density at radius 1 is 1.13 bits per heavy atom. The number of nitrogens with zero attached hydrogens (tertiary/aromatic N) is 1. The fourth-order valence-corrected chi connectivity index (χ4v) is 2.81. The van der Waals surface area contributed by atoms with E-state index in [1.807, 2.05) is 25.1 Å². The van der Waals surface area contributed by atoms with Gasteiger partial charge < -0.3 is 9.64 Å². The summed E-state index contributed by atoms with van der Waals surface area (Å²) in [6.45, 7) is 2.50. The first-order chi connectivity index (χ1) is 10.8. The topological polar surface area (TPSA) is 29.5 Å². The van der Waals surface area contributed by atoms with Crippen molar-refractivity contribution in [2.45, 2.75) is 19.7 Å². The third kappa shape index (κ3) is 3.16. The number of hydrogen-bond donors (Lipinski definition) is 0. The van der Waals surface area contributed by atoms with Gasteiger partial charge >= 0.3 is 6.36 Å². The van der Waals surface area contributed by atoms with Crippen molar-refractivity contribution in [2.24, 2.45) is 0 Å². The molecule has 0 fully saturated rings. The van der Waals surface area contributed by atoms with E-state index >= 15 is 0 Å². The molecule has 120 valence electrons. The van der Waals surface area contributed by atoms with E-state index in [0.717, 1.165) is 35.4 Å². The van der Waals surface area contributed by atoms with E-state index in [9.17, 15) is 18.0 Å². The molecule has 1 heterocycles. The van der Waals surface area contributed by atoms with Gasteiger partial charge in [0.2, 0.25) is 0 Å². The van der Waals surface area contributed by atoms with Gasteiger partial charge in [0, 0.05) is 12.1 Å². The lowest BCUT2D eigenvalue weighted by atomic mass is 10.1. The average molecular weight is 321 g/mol. The minimum absolute atomic E-state index is 0.225. The lowest BCUT2D eigenvalue weighted by molar-refractivity contribution is -0.274. The van der Waals surface area contributed by atoms with Crippen LogP contribution >= 0.6 is 0 Å². The molecule has 0 bridgehead atoms. The lowest BCUT2D eigenvalue weighted by Crippen LogP contribution is -2.29. The van der Waals surface area contributed by atoms with Gasteiger partial charge in [-0.15, -0.1) is 13.2 Å². The molecule has 0 saturated heterocycles. The number of carbonyl (C=O) groups is 1. The van der Waals surface area contributed by atoms with E-state index in [0.29, 0.717) is 12.1 Å². The van der Waals surface area contributed by atoms with Gasteiger partial charge in [-0.25, -0.2) is 0 Å². The van der Waals surface area contributed by atoms with E-state index in [4.69, 9.17) is 0 Å². The predicted molar refractivity (Wildman–Crippen MR) is 79.7 cm³/mol. The van der Waals surface area contributed by atoms with E-state index in [1.54, 1.807) is 4.90 Å². The molecule has 0 aromatic heterocycles. The van der Waals surface area contributed by atoms with Gasteiger partial charge in [0.1, 0.15) is 5.75 Å². The van der Waals surface area contributed by atoms with Gasteiger partial charge in [0.25, 0.3) is 5.91 Å². The maximum Gasteiger partial charge on any atom is 0.573 e. The highest BCUT2D eigenvalue weighted by Gasteiger charge is 2.31. The predicted octanol–water partition coefficient (Wildman–Crippen LogP) is 4.10. The molecule has 1 amide bonds. The molecular formula is C17H14F3NO2. The van der Waals surface area contributed by atoms with Crippen LogP contribution in [0.1, 0.15) is 21.5 Å². The Bertz CT molecular complexity index is 738. The molecule has 0 aliphatic carbocycles. The second kappa shape index (κ2) is 5.61. The van der Waals surface area contributed by atoms with Crippen molar-refractivity contribution in [3.63, 3.8) is 0 Å². The summed E-state index contributed by atoms with van der Waals surface area (Å²) in [6.07, 6.45) is -3.96. The monoisotopic (exact) mass is 321 g/mol. The highest BCUT2D eigenvalue weighted by Crippen LogP contribution is 2.32. The number of ether oxygens (including phenoxy) is 1. The Hall–Kier alpha value is -2.50. The van der Waals surface area contributed by atoms with Gasteiger partial charge in [0.15, 0.2) is 0 Å². The Kier molecular flexibility index (Phi) is 3.75. The molecule has 3 nitrogen and oxygen atoms in total. The first kappa shape index (κ1) is 15.4. The number of hydrogen-bond acceptors (Lipinski definition) is 2. The summed E-state index contributed by atoms with van der Waals surface area (Å²) in [5.41, 5.74) is 3.34. The number of benzene rings is 2. The molecule has 0 radical (unpaired) electrons. The molecule has 3 rings (SSSR count). The fraction of sp³-hybridized carbons (Fsp3) is 0.235. The van der Waals surface area contributed by atoms with Crippen molar-refractivity contribution in [2.75, 3.05) is 11.4 Å². The van der Waals surface area contributed by atoms with Crippen molar-refractivity contribution in [3.05, 3.63) is 59.2 Å². The summed E-state index contributed by atoms with van der Waals surface area (Å²) in [4.78, 5) is 14.3. The Morgan fingerprint density at radius 2 is 1.83 bits per heavy atom. The Labute approximate surface area is 131 Å². The number of fused-ring (bicyclic) bond motifs is 1. The van der Waals surface area contributed by atoms with Gasteiger partial charge in [-0.1, -0.05) is 18.2 Å².